The van der Waals surface area contributed by atoms with Gasteiger partial charge in [-0.25, -0.2) is 0 Å². The van der Waals surface area contributed by atoms with E-state index in [0.29, 0.717) is 6.04 Å². The van der Waals surface area contributed by atoms with E-state index in [0.717, 1.165) is 19.4 Å². The Morgan fingerprint density at radius 1 is 1.05 bits per heavy atom. The second-order valence-corrected chi connectivity index (χ2v) is 4.98. The summed E-state index contributed by atoms with van der Waals surface area (Å²) in [7, 11) is 0. The normalized spacial score (nSPS) is 12.3. The van der Waals surface area contributed by atoms with Crippen LogP contribution in [0.3, 0.4) is 0 Å². The first-order valence-electron chi connectivity index (χ1n) is 6.98. The molecule has 2 nitrogen and oxygen atoms in total. The molecule has 19 heavy (non-hydrogen) atoms. The first-order chi connectivity index (χ1) is 9.29. The zero-order valence-electron chi connectivity index (χ0n) is 11.8. The minimum absolute atomic E-state index is 0.366. The van der Waals surface area contributed by atoms with Crippen LogP contribution in [0.2, 0.25) is 0 Å². The molecule has 0 radical (unpaired) electrons. The highest BCUT2D eigenvalue weighted by Gasteiger charge is 2.11. The highest BCUT2D eigenvalue weighted by Crippen LogP contribution is 2.18. The molecule has 0 fully saturated rings. The maximum atomic E-state index is 4.10. The quantitative estimate of drug-likeness (QED) is 0.850. The van der Waals surface area contributed by atoms with E-state index in [2.05, 4.69) is 60.5 Å². The number of hydrogen-bond acceptors (Lipinski definition) is 2. The van der Waals surface area contributed by atoms with Gasteiger partial charge in [-0.15, -0.1) is 0 Å². The van der Waals surface area contributed by atoms with Crippen LogP contribution in [-0.4, -0.2) is 11.5 Å². The van der Waals surface area contributed by atoms with E-state index < -0.39 is 0 Å². The minimum Gasteiger partial charge on any atom is -0.310 e. The highest BCUT2D eigenvalue weighted by molar-refractivity contribution is 5.25. The van der Waals surface area contributed by atoms with E-state index in [1.807, 2.05) is 12.4 Å². The average Bonchev–Trinajstić information content (AvgIpc) is 2.46. The van der Waals surface area contributed by atoms with E-state index in [1.54, 1.807) is 0 Å². The molecule has 2 rings (SSSR count). The molecule has 0 aliphatic rings. The Hall–Kier alpha value is -1.67. The van der Waals surface area contributed by atoms with Crippen molar-refractivity contribution in [3.63, 3.8) is 0 Å². The fourth-order valence-electron chi connectivity index (χ4n) is 2.18. The third kappa shape index (κ3) is 4.18. The van der Waals surface area contributed by atoms with Gasteiger partial charge < -0.3 is 5.32 Å². The average molecular weight is 254 g/mol. The first kappa shape index (κ1) is 13.8. The van der Waals surface area contributed by atoms with Gasteiger partial charge in [0.2, 0.25) is 0 Å². The second kappa shape index (κ2) is 7.05. The molecule has 1 N–H and O–H groups in total. The summed E-state index contributed by atoms with van der Waals surface area (Å²) in [5.74, 6) is 0. The monoisotopic (exact) mass is 254 g/mol. The zero-order chi connectivity index (χ0) is 13.5. The summed E-state index contributed by atoms with van der Waals surface area (Å²) < 4.78 is 0. The molecule has 1 heterocycles. The van der Waals surface area contributed by atoms with E-state index in [-0.39, 0.29) is 0 Å². The van der Waals surface area contributed by atoms with Crippen molar-refractivity contribution in [2.75, 3.05) is 6.54 Å². The van der Waals surface area contributed by atoms with Crippen LogP contribution < -0.4 is 5.32 Å². The number of benzene rings is 1. The Kier molecular flexibility index (Phi) is 5.10. The molecule has 1 atom stereocenters. The van der Waals surface area contributed by atoms with Crippen molar-refractivity contribution in [3.8, 4) is 0 Å². The number of pyridine rings is 1. The van der Waals surface area contributed by atoms with Crippen LogP contribution in [0.4, 0.5) is 0 Å². The van der Waals surface area contributed by atoms with Gasteiger partial charge >= 0.3 is 0 Å². The predicted octanol–water partition coefficient (Wildman–Crippen LogP) is 3.67. The molecule has 100 valence electrons. The molecule has 0 spiro atoms. The summed E-state index contributed by atoms with van der Waals surface area (Å²) in [6, 6.07) is 13.4. The molecule has 0 aliphatic carbocycles. The van der Waals surface area contributed by atoms with Gasteiger partial charge in [0.1, 0.15) is 0 Å². The van der Waals surface area contributed by atoms with Crippen molar-refractivity contribution < 1.29 is 0 Å². The lowest BCUT2D eigenvalue weighted by atomic mass is 9.99. The van der Waals surface area contributed by atoms with Crippen LogP contribution in [0.25, 0.3) is 0 Å². The van der Waals surface area contributed by atoms with Gasteiger partial charge in [-0.05, 0) is 49.6 Å². The topological polar surface area (TPSA) is 24.9 Å². The molecule has 0 aliphatic heterocycles. The second-order valence-electron chi connectivity index (χ2n) is 4.98. The van der Waals surface area contributed by atoms with Gasteiger partial charge in [-0.1, -0.05) is 36.8 Å². The predicted molar refractivity (Wildman–Crippen MR) is 80.2 cm³/mol. The van der Waals surface area contributed by atoms with Crippen LogP contribution in [0.5, 0.6) is 0 Å². The van der Waals surface area contributed by atoms with Gasteiger partial charge in [-0.3, -0.25) is 4.98 Å². The minimum atomic E-state index is 0.366. The van der Waals surface area contributed by atoms with E-state index in [9.17, 15) is 0 Å². The third-order valence-corrected chi connectivity index (χ3v) is 3.31. The zero-order valence-corrected chi connectivity index (χ0v) is 11.8. The number of nitrogens with one attached hydrogen (secondary N) is 1. The molecule has 0 bridgehead atoms. The van der Waals surface area contributed by atoms with E-state index in [1.165, 1.54) is 16.7 Å². The van der Waals surface area contributed by atoms with Crippen molar-refractivity contribution in [2.24, 2.45) is 0 Å². The molecular formula is C17H22N2. The molecule has 0 saturated heterocycles. The van der Waals surface area contributed by atoms with Gasteiger partial charge in [0, 0.05) is 18.4 Å². The van der Waals surface area contributed by atoms with Crippen LogP contribution in [0.1, 0.15) is 36.1 Å². The summed E-state index contributed by atoms with van der Waals surface area (Å²) in [5, 5.41) is 3.62. The molecule has 1 unspecified atom stereocenters. The molecule has 1 aromatic heterocycles. The summed E-state index contributed by atoms with van der Waals surface area (Å²) >= 11 is 0. The lowest BCUT2D eigenvalue weighted by Crippen LogP contribution is -2.24. The third-order valence-electron chi connectivity index (χ3n) is 3.31. The summed E-state index contributed by atoms with van der Waals surface area (Å²) in [5.41, 5.74) is 3.99. The molecular weight excluding hydrogens is 232 g/mol. The molecule has 0 saturated carbocycles. The van der Waals surface area contributed by atoms with E-state index >= 15 is 0 Å². The summed E-state index contributed by atoms with van der Waals surface area (Å²) in [6.07, 6.45) is 5.90. The van der Waals surface area contributed by atoms with Crippen molar-refractivity contribution in [1.29, 1.82) is 0 Å². The Morgan fingerprint density at radius 3 is 2.37 bits per heavy atom. The van der Waals surface area contributed by atoms with Crippen molar-refractivity contribution >= 4 is 0 Å². The number of nitrogens with zero attached hydrogens (tertiary/aromatic N) is 1. The molecule has 0 amide bonds. The smallest absolute Gasteiger partial charge is 0.0361 e. The SMILES string of the molecule is CCCNC(Cc1ccc(C)cc1)c1ccncc1. The maximum Gasteiger partial charge on any atom is 0.0361 e. The fraction of sp³-hybridized carbons (Fsp3) is 0.353. The maximum absolute atomic E-state index is 4.10. The molecule has 2 aromatic rings. The number of aromatic nitrogens is 1. The number of hydrogen-bond donors (Lipinski definition) is 1. The van der Waals surface area contributed by atoms with Crippen molar-refractivity contribution in [3.05, 3.63) is 65.5 Å². The largest absolute Gasteiger partial charge is 0.310 e. The Morgan fingerprint density at radius 2 is 1.74 bits per heavy atom. The molecule has 2 heteroatoms. The van der Waals surface area contributed by atoms with Crippen molar-refractivity contribution in [2.45, 2.75) is 32.7 Å². The number of rotatable bonds is 6. The van der Waals surface area contributed by atoms with Gasteiger partial charge in [0.15, 0.2) is 0 Å². The Balaban J connectivity index is 2.11. The Labute approximate surface area is 115 Å². The number of aryl methyl sites for hydroxylation is 1. The fourth-order valence-corrected chi connectivity index (χ4v) is 2.18. The van der Waals surface area contributed by atoms with Crippen molar-refractivity contribution in [1.82, 2.24) is 10.3 Å². The van der Waals surface area contributed by atoms with Crippen LogP contribution in [0.15, 0.2) is 48.8 Å². The van der Waals surface area contributed by atoms with E-state index in [4.69, 9.17) is 0 Å². The summed E-state index contributed by atoms with van der Waals surface area (Å²) in [4.78, 5) is 4.10. The lowest BCUT2D eigenvalue weighted by Gasteiger charge is -2.19. The lowest BCUT2D eigenvalue weighted by molar-refractivity contribution is 0.529. The van der Waals surface area contributed by atoms with Crippen LogP contribution in [-0.2, 0) is 6.42 Å². The highest BCUT2D eigenvalue weighted by atomic mass is 14.9. The van der Waals surface area contributed by atoms with Gasteiger partial charge in [-0.2, -0.15) is 0 Å². The molecule has 1 aromatic carbocycles. The Bertz CT molecular complexity index is 476. The van der Waals surface area contributed by atoms with Crippen LogP contribution >= 0.6 is 0 Å². The summed E-state index contributed by atoms with van der Waals surface area (Å²) in [6.45, 7) is 5.36. The standard InChI is InChI=1S/C17H22N2/c1-3-10-19-17(16-8-11-18-12-9-16)13-15-6-4-14(2)5-7-15/h4-9,11-12,17,19H,3,10,13H2,1-2H3. The van der Waals surface area contributed by atoms with Crippen LogP contribution in [0, 0.1) is 6.92 Å². The van der Waals surface area contributed by atoms with Gasteiger partial charge in [0.25, 0.3) is 0 Å². The van der Waals surface area contributed by atoms with Gasteiger partial charge in [0.05, 0.1) is 0 Å². The first-order valence-corrected chi connectivity index (χ1v) is 6.98.